The summed E-state index contributed by atoms with van der Waals surface area (Å²) in [5.41, 5.74) is -0.367. The zero-order valence-corrected chi connectivity index (χ0v) is 9.35. The Morgan fingerprint density at radius 3 is 2.35 bits per heavy atom. The molecule has 2 aromatic rings. The highest BCUT2D eigenvalue weighted by molar-refractivity contribution is 7.91. The van der Waals surface area contributed by atoms with E-state index in [0.717, 1.165) is 12.3 Å². The van der Waals surface area contributed by atoms with E-state index in [1.165, 1.54) is 12.1 Å². The monoisotopic (exact) mass is 252 g/mol. The van der Waals surface area contributed by atoms with Crippen molar-refractivity contribution >= 4 is 15.8 Å². The molecule has 1 heterocycles. The second-order valence-electron chi connectivity index (χ2n) is 3.24. The maximum atomic E-state index is 12.1. The first-order valence-electron chi connectivity index (χ1n) is 4.64. The first-order chi connectivity index (χ1) is 8.03. The number of carboxylic acid groups (broad SMARTS) is 1. The molecule has 0 saturated carbocycles. The Bertz CT molecular complexity index is 640. The lowest BCUT2D eigenvalue weighted by Crippen LogP contribution is -2.06. The van der Waals surface area contributed by atoms with E-state index in [-0.39, 0.29) is 10.5 Å². The Morgan fingerprint density at radius 1 is 1.12 bits per heavy atom. The fraction of sp³-hybridized carbons (Fsp3) is 0. The number of carbonyl (C=O) groups is 1. The maximum Gasteiger partial charge on any atom is 0.340 e. The molecule has 0 atom stereocenters. The van der Waals surface area contributed by atoms with E-state index in [2.05, 4.69) is 0 Å². The van der Waals surface area contributed by atoms with Gasteiger partial charge in [0.15, 0.2) is 0 Å². The van der Waals surface area contributed by atoms with Gasteiger partial charge in [0, 0.05) is 0 Å². The van der Waals surface area contributed by atoms with Crippen molar-refractivity contribution in [1.29, 1.82) is 0 Å². The van der Waals surface area contributed by atoms with Gasteiger partial charge in [0.05, 0.1) is 11.2 Å². The number of aromatic carboxylic acids is 1. The first kappa shape index (κ1) is 11.4. The van der Waals surface area contributed by atoms with Gasteiger partial charge in [0.2, 0.25) is 14.9 Å². The fourth-order valence-electron chi connectivity index (χ4n) is 1.37. The molecule has 17 heavy (non-hydrogen) atoms. The summed E-state index contributed by atoms with van der Waals surface area (Å²) in [4.78, 5) is 10.8. The quantitative estimate of drug-likeness (QED) is 0.900. The summed E-state index contributed by atoms with van der Waals surface area (Å²) in [6, 6.07) is 8.64. The smallest absolute Gasteiger partial charge is 0.340 e. The Kier molecular flexibility index (Phi) is 2.72. The van der Waals surface area contributed by atoms with Crippen molar-refractivity contribution in [3.05, 3.63) is 48.2 Å². The third kappa shape index (κ3) is 1.94. The number of benzene rings is 1. The molecule has 2 rings (SSSR count). The SMILES string of the molecule is O=C(O)c1ccoc1S(=O)(=O)c1ccccc1. The third-order valence-corrected chi connectivity index (χ3v) is 3.85. The highest BCUT2D eigenvalue weighted by atomic mass is 32.2. The number of hydrogen-bond donors (Lipinski definition) is 1. The van der Waals surface area contributed by atoms with Crippen LogP contribution >= 0.6 is 0 Å². The molecular formula is C11H8O5S. The van der Waals surface area contributed by atoms with Gasteiger partial charge in [-0.2, -0.15) is 0 Å². The van der Waals surface area contributed by atoms with Gasteiger partial charge in [-0.1, -0.05) is 18.2 Å². The van der Waals surface area contributed by atoms with Gasteiger partial charge in [0.1, 0.15) is 5.56 Å². The molecule has 1 N–H and O–H groups in total. The number of hydrogen-bond acceptors (Lipinski definition) is 4. The van der Waals surface area contributed by atoms with E-state index < -0.39 is 20.9 Å². The average molecular weight is 252 g/mol. The van der Waals surface area contributed by atoms with Crippen LogP contribution in [0.4, 0.5) is 0 Å². The molecule has 0 unspecified atom stereocenters. The van der Waals surface area contributed by atoms with Crippen LogP contribution in [0.3, 0.4) is 0 Å². The minimum atomic E-state index is -3.92. The number of furan rings is 1. The van der Waals surface area contributed by atoms with E-state index in [1.54, 1.807) is 18.2 Å². The van der Waals surface area contributed by atoms with Gasteiger partial charge < -0.3 is 9.52 Å². The van der Waals surface area contributed by atoms with Gasteiger partial charge >= 0.3 is 5.97 Å². The molecule has 0 saturated heterocycles. The Balaban J connectivity index is 2.61. The molecule has 5 nitrogen and oxygen atoms in total. The van der Waals surface area contributed by atoms with Crippen LogP contribution in [-0.2, 0) is 9.84 Å². The summed E-state index contributed by atoms with van der Waals surface area (Å²) >= 11 is 0. The summed E-state index contributed by atoms with van der Waals surface area (Å²) < 4.78 is 28.9. The van der Waals surface area contributed by atoms with Crippen molar-refractivity contribution < 1.29 is 22.7 Å². The zero-order chi connectivity index (χ0) is 12.5. The molecule has 1 aromatic carbocycles. The average Bonchev–Trinajstić information content (AvgIpc) is 2.80. The molecule has 1 aromatic heterocycles. The second kappa shape index (κ2) is 4.06. The van der Waals surface area contributed by atoms with Gasteiger partial charge in [-0.15, -0.1) is 0 Å². The van der Waals surface area contributed by atoms with E-state index in [9.17, 15) is 13.2 Å². The molecule has 0 aliphatic carbocycles. The summed E-state index contributed by atoms with van der Waals surface area (Å²) in [6.07, 6.45) is 1.04. The van der Waals surface area contributed by atoms with Crippen LogP contribution in [0.15, 0.2) is 57.1 Å². The van der Waals surface area contributed by atoms with Gasteiger partial charge in [0.25, 0.3) is 0 Å². The topological polar surface area (TPSA) is 84.6 Å². The molecule has 0 aliphatic heterocycles. The van der Waals surface area contributed by atoms with E-state index in [0.29, 0.717) is 0 Å². The second-order valence-corrected chi connectivity index (χ2v) is 5.09. The lowest BCUT2D eigenvalue weighted by atomic mass is 10.3. The minimum absolute atomic E-state index is 0.00236. The van der Waals surface area contributed by atoms with Gasteiger partial charge in [-0.25, -0.2) is 13.2 Å². The van der Waals surface area contributed by atoms with Gasteiger partial charge in [-0.3, -0.25) is 0 Å². The molecule has 6 heteroatoms. The van der Waals surface area contributed by atoms with Gasteiger partial charge in [-0.05, 0) is 18.2 Å². The van der Waals surface area contributed by atoms with Crippen LogP contribution in [0.5, 0.6) is 0 Å². The lowest BCUT2D eigenvalue weighted by molar-refractivity contribution is 0.0689. The Morgan fingerprint density at radius 2 is 1.76 bits per heavy atom. The predicted octanol–water partition coefficient (Wildman–Crippen LogP) is 1.81. The van der Waals surface area contributed by atoms with Crippen LogP contribution in [0, 0.1) is 0 Å². The molecule has 0 aliphatic rings. The van der Waals surface area contributed by atoms with Crippen molar-refractivity contribution in [2.75, 3.05) is 0 Å². The molecule has 0 radical (unpaired) electrons. The lowest BCUT2D eigenvalue weighted by Gasteiger charge is -2.01. The molecular weight excluding hydrogens is 244 g/mol. The predicted molar refractivity (Wildman–Crippen MR) is 57.6 cm³/mol. The van der Waals surface area contributed by atoms with E-state index >= 15 is 0 Å². The highest BCUT2D eigenvalue weighted by Crippen LogP contribution is 2.24. The van der Waals surface area contributed by atoms with Crippen LogP contribution in [0.2, 0.25) is 0 Å². The zero-order valence-electron chi connectivity index (χ0n) is 8.53. The Hall–Kier alpha value is -2.08. The largest absolute Gasteiger partial charge is 0.478 e. The summed E-state index contributed by atoms with van der Waals surface area (Å²) in [7, 11) is -3.92. The summed E-state index contributed by atoms with van der Waals surface area (Å²) in [6.45, 7) is 0. The van der Waals surface area contributed by atoms with Crippen molar-refractivity contribution in [1.82, 2.24) is 0 Å². The van der Waals surface area contributed by atoms with Crippen LogP contribution in [0.25, 0.3) is 0 Å². The normalized spacial score (nSPS) is 11.3. The summed E-state index contributed by atoms with van der Waals surface area (Å²) in [5, 5.41) is 8.30. The molecule has 88 valence electrons. The number of carboxylic acids is 1. The number of sulfone groups is 1. The van der Waals surface area contributed by atoms with Crippen molar-refractivity contribution in [3.8, 4) is 0 Å². The van der Waals surface area contributed by atoms with E-state index in [1.807, 2.05) is 0 Å². The molecule has 0 amide bonds. The van der Waals surface area contributed by atoms with Crippen molar-refractivity contribution in [2.24, 2.45) is 0 Å². The highest BCUT2D eigenvalue weighted by Gasteiger charge is 2.27. The van der Waals surface area contributed by atoms with Crippen molar-refractivity contribution in [2.45, 2.75) is 9.99 Å². The van der Waals surface area contributed by atoms with Crippen LogP contribution in [-0.4, -0.2) is 19.5 Å². The summed E-state index contributed by atoms with van der Waals surface area (Å²) in [5.74, 6) is -1.34. The Labute approximate surface area is 97.2 Å². The minimum Gasteiger partial charge on any atom is -0.478 e. The third-order valence-electron chi connectivity index (χ3n) is 2.16. The number of rotatable bonds is 3. The molecule has 0 spiro atoms. The maximum absolute atomic E-state index is 12.1. The van der Waals surface area contributed by atoms with Crippen LogP contribution < -0.4 is 0 Å². The van der Waals surface area contributed by atoms with E-state index in [4.69, 9.17) is 9.52 Å². The first-order valence-corrected chi connectivity index (χ1v) is 6.12. The molecule has 0 fully saturated rings. The van der Waals surface area contributed by atoms with Crippen molar-refractivity contribution in [3.63, 3.8) is 0 Å². The standard InChI is InChI=1S/C11H8O5S/c12-10(13)9-6-7-16-11(9)17(14,15)8-4-2-1-3-5-8/h1-7H,(H,12,13). The van der Waals surface area contributed by atoms with Crippen LogP contribution in [0.1, 0.15) is 10.4 Å². The molecule has 0 bridgehead atoms. The fourth-order valence-corrected chi connectivity index (χ4v) is 2.73.